The molecule has 0 aromatic carbocycles. The van der Waals surface area contributed by atoms with Crippen LogP contribution in [0.5, 0.6) is 0 Å². The minimum absolute atomic E-state index is 0.219. The number of likely N-dealkylation sites (tertiary alicyclic amines) is 1. The van der Waals surface area contributed by atoms with Crippen LogP contribution in [0.1, 0.15) is 24.6 Å². The minimum Gasteiger partial charge on any atom is -0.465 e. The highest BCUT2D eigenvalue weighted by Crippen LogP contribution is 2.28. The van der Waals surface area contributed by atoms with Crippen LogP contribution in [0.4, 0.5) is 4.79 Å². The monoisotopic (exact) mass is 286 g/mol. The van der Waals surface area contributed by atoms with Gasteiger partial charge in [0.15, 0.2) is 11.3 Å². The smallest absolute Gasteiger partial charge is 0.407 e. The molecule has 2 N–H and O–H groups in total. The Morgan fingerprint density at radius 3 is 2.90 bits per heavy atom. The molecule has 0 aliphatic carbocycles. The Balaban J connectivity index is 1.74. The predicted octanol–water partition coefficient (Wildman–Crippen LogP) is 1.46. The van der Waals surface area contributed by atoms with Crippen molar-refractivity contribution in [3.8, 4) is 0 Å². The molecule has 1 aliphatic rings. The number of H-pyrrole nitrogens is 1. The summed E-state index contributed by atoms with van der Waals surface area (Å²) in [4.78, 5) is 19.8. The van der Waals surface area contributed by atoms with Crippen molar-refractivity contribution in [3.05, 3.63) is 24.3 Å². The molecule has 4 heterocycles. The van der Waals surface area contributed by atoms with Crippen molar-refractivity contribution in [2.45, 2.75) is 18.8 Å². The molecule has 0 radical (unpaired) electrons. The lowest BCUT2D eigenvalue weighted by Crippen LogP contribution is -2.37. The van der Waals surface area contributed by atoms with Gasteiger partial charge in [0.2, 0.25) is 0 Å². The van der Waals surface area contributed by atoms with E-state index < -0.39 is 6.09 Å². The lowest BCUT2D eigenvalue weighted by Gasteiger charge is -2.29. The zero-order valence-corrected chi connectivity index (χ0v) is 11.2. The molecule has 3 aromatic heterocycles. The summed E-state index contributed by atoms with van der Waals surface area (Å²) in [5, 5.41) is 17.5. The van der Waals surface area contributed by atoms with Gasteiger partial charge in [0, 0.05) is 25.2 Å². The topological polar surface area (TPSA) is 99.4 Å². The van der Waals surface area contributed by atoms with Crippen molar-refractivity contribution < 1.29 is 9.90 Å². The lowest BCUT2D eigenvalue weighted by atomic mass is 9.96. The van der Waals surface area contributed by atoms with Crippen LogP contribution >= 0.6 is 0 Å². The molecule has 0 unspecified atom stereocenters. The SMILES string of the molecule is O=C(O)N1CCC(c2nnc3cnc4[nH]ccc4n23)CC1. The fourth-order valence-corrected chi connectivity index (χ4v) is 2.99. The van der Waals surface area contributed by atoms with E-state index in [9.17, 15) is 4.79 Å². The van der Waals surface area contributed by atoms with E-state index in [4.69, 9.17) is 5.11 Å². The van der Waals surface area contributed by atoms with Gasteiger partial charge in [-0.15, -0.1) is 10.2 Å². The van der Waals surface area contributed by atoms with Crippen LogP contribution in [0.2, 0.25) is 0 Å². The van der Waals surface area contributed by atoms with Crippen LogP contribution in [-0.4, -0.2) is 53.8 Å². The Hall–Kier alpha value is -2.64. The largest absolute Gasteiger partial charge is 0.465 e. The molecule has 1 amide bonds. The maximum Gasteiger partial charge on any atom is 0.407 e. The molecule has 21 heavy (non-hydrogen) atoms. The Morgan fingerprint density at radius 1 is 1.33 bits per heavy atom. The summed E-state index contributed by atoms with van der Waals surface area (Å²) in [6.45, 7) is 1.08. The fourth-order valence-electron chi connectivity index (χ4n) is 2.99. The van der Waals surface area contributed by atoms with Gasteiger partial charge < -0.3 is 15.0 Å². The van der Waals surface area contributed by atoms with Crippen LogP contribution in [0.3, 0.4) is 0 Å². The third kappa shape index (κ3) is 1.83. The van der Waals surface area contributed by atoms with Crippen molar-refractivity contribution in [1.29, 1.82) is 0 Å². The molecule has 4 rings (SSSR count). The first-order valence-electron chi connectivity index (χ1n) is 6.89. The van der Waals surface area contributed by atoms with E-state index in [0.29, 0.717) is 13.1 Å². The number of rotatable bonds is 1. The average Bonchev–Trinajstić information content (AvgIpc) is 3.13. The maximum absolute atomic E-state index is 11.0. The highest BCUT2D eigenvalue weighted by atomic mass is 16.4. The second-order valence-corrected chi connectivity index (χ2v) is 5.27. The van der Waals surface area contributed by atoms with Crippen molar-refractivity contribution in [1.82, 2.24) is 29.5 Å². The number of hydrogen-bond donors (Lipinski definition) is 2. The van der Waals surface area contributed by atoms with Crippen molar-refractivity contribution in [2.75, 3.05) is 13.1 Å². The van der Waals surface area contributed by atoms with Gasteiger partial charge in [-0.05, 0) is 18.9 Å². The van der Waals surface area contributed by atoms with Crippen molar-refractivity contribution in [2.24, 2.45) is 0 Å². The average molecular weight is 286 g/mol. The van der Waals surface area contributed by atoms with Crippen LogP contribution in [0, 0.1) is 0 Å². The number of carbonyl (C=O) groups is 1. The number of carboxylic acid groups (broad SMARTS) is 1. The predicted molar refractivity (Wildman–Crippen MR) is 74.2 cm³/mol. The van der Waals surface area contributed by atoms with Crippen LogP contribution in [-0.2, 0) is 0 Å². The number of aromatic amines is 1. The van der Waals surface area contributed by atoms with E-state index in [1.54, 1.807) is 6.20 Å². The molecule has 3 aromatic rings. The van der Waals surface area contributed by atoms with Gasteiger partial charge in [-0.25, -0.2) is 9.78 Å². The fraction of sp³-hybridized carbons (Fsp3) is 0.385. The lowest BCUT2D eigenvalue weighted by molar-refractivity contribution is 0.131. The number of amides is 1. The summed E-state index contributed by atoms with van der Waals surface area (Å²) >= 11 is 0. The van der Waals surface area contributed by atoms with E-state index in [0.717, 1.165) is 35.5 Å². The number of fused-ring (bicyclic) bond motifs is 3. The molecule has 8 nitrogen and oxygen atoms in total. The molecule has 0 bridgehead atoms. The molecule has 108 valence electrons. The molecule has 0 spiro atoms. The van der Waals surface area contributed by atoms with Gasteiger partial charge in [-0.2, -0.15) is 0 Å². The standard InChI is InChI=1S/C13H14N6O2/c20-13(21)18-5-2-8(3-6-18)12-17-16-10-7-15-11-9(19(10)12)1-4-14-11/h1,4,7-8,14H,2-3,5-6H2,(H,20,21). The first kappa shape index (κ1) is 12.1. The molecule has 1 aliphatic heterocycles. The van der Waals surface area contributed by atoms with Gasteiger partial charge in [0.25, 0.3) is 0 Å². The Labute approximate surface area is 119 Å². The van der Waals surface area contributed by atoms with Crippen LogP contribution in [0.25, 0.3) is 16.8 Å². The van der Waals surface area contributed by atoms with Gasteiger partial charge in [-0.3, -0.25) is 4.40 Å². The summed E-state index contributed by atoms with van der Waals surface area (Å²) in [5.74, 6) is 1.11. The minimum atomic E-state index is -0.850. The second kappa shape index (κ2) is 4.44. The highest BCUT2D eigenvalue weighted by molar-refractivity contribution is 5.74. The second-order valence-electron chi connectivity index (χ2n) is 5.27. The molecule has 8 heteroatoms. The summed E-state index contributed by atoms with van der Waals surface area (Å²) in [7, 11) is 0. The first-order chi connectivity index (χ1) is 10.2. The number of nitrogens with zero attached hydrogens (tertiary/aromatic N) is 5. The third-order valence-corrected chi connectivity index (χ3v) is 4.10. The summed E-state index contributed by atoms with van der Waals surface area (Å²) < 4.78 is 2.01. The normalized spacial score (nSPS) is 16.9. The highest BCUT2D eigenvalue weighted by Gasteiger charge is 2.27. The van der Waals surface area contributed by atoms with E-state index in [-0.39, 0.29) is 5.92 Å². The number of nitrogens with one attached hydrogen (secondary N) is 1. The van der Waals surface area contributed by atoms with Crippen molar-refractivity contribution >= 4 is 22.9 Å². The molecule has 1 fully saturated rings. The molecule has 0 saturated carbocycles. The molecular formula is C13H14N6O2. The quantitative estimate of drug-likeness (QED) is 0.705. The number of aromatic nitrogens is 5. The Morgan fingerprint density at radius 2 is 2.14 bits per heavy atom. The maximum atomic E-state index is 11.0. The summed E-state index contributed by atoms with van der Waals surface area (Å²) in [5.41, 5.74) is 2.47. The summed E-state index contributed by atoms with van der Waals surface area (Å²) in [6, 6.07) is 1.95. The van der Waals surface area contributed by atoms with E-state index in [1.807, 2.05) is 16.7 Å². The van der Waals surface area contributed by atoms with E-state index >= 15 is 0 Å². The van der Waals surface area contributed by atoms with E-state index in [2.05, 4.69) is 20.2 Å². The Bertz CT molecular complexity index is 814. The van der Waals surface area contributed by atoms with Gasteiger partial charge in [-0.1, -0.05) is 0 Å². The van der Waals surface area contributed by atoms with Crippen molar-refractivity contribution in [3.63, 3.8) is 0 Å². The van der Waals surface area contributed by atoms with Gasteiger partial charge >= 0.3 is 6.09 Å². The molecule has 1 saturated heterocycles. The van der Waals surface area contributed by atoms with E-state index in [1.165, 1.54) is 4.90 Å². The molecular weight excluding hydrogens is 272 g/mol. The zero-order valence-electron chi connectivity index (χ0n) is 11.2. The zero-order chi connectivity index (χ0) is 14.4. The Kier molecular flexibility index (Phi) is 2.56. The van der Waals surface area contributed by atoms with Gasteiger partial charge in [0.05, 0.1) is 11.7 Å². The molecule has 0 atom stereocenters. The van der Waals surface area contributed by atoms with Crippen LogP contribution in [0.15, 0.2) is 18.5 Å². The number of piperidine rings is 1. The van der Waals surface area contributed by atoms with Crippen LogP contribution < -0.4 is 0 Å². The third-order valence-electron chi connectivity index (χ3n) is 4.10. The number of hydrogen-bond acceptors (Lipinski definition) is 4. The first-order valence-corrected chi connectivity index (χ1v) is 6.89. The van der Waals surface area contributed by atoms with Gasteiger partial charge in [0.1, 0.15) is 5.82 Å². The summed E-state index contributed by atoms with van der Waals surface area (Å²) in [6.07, 6.45) is 4.22.